The van der Waals surface area contributed by atoms with Crippen molar-refractivity contribution in [2.45, 2.75) is 29.8 Å². The van der Waals surface area contributed by atoms with Gasteiger partial charge in [0.1, 0.15) is 5.82 Å². The minimum Gasteiger partial charge on any atom is -0.384 e. The van der Waals surface area contributed by atoms with Crippen molar-refractivity contribution >= 4 is 34.2 Å². The van der Waals surface area contributed by atoms with Crippen LogP contribution in [-0.4, -0.2) is 32.6 Å². The monoisotopic (exact) mass is 424 g/mol. The first-order chi connectivity index (χ1) is 14.1. The van der Waals surface area contributed by atoms with Gasteiger partial charge in [-0.3, -0.25) is 9.36 Å². The second kappa shape index (κ2) is 8.44. The van der Waals surface area contributed by atoms with E-state index in [1.807, 2.05) is 56.3 Å². The Bertz CT molecular complexity index is 1230. The molecule has 0 amide bonds. The van der Waals surface area contributed by atoms with Crippen LogP contribution in [0.1, 0.15) is 17.0 Å². The predicted octanol–water partition coefficient (Wildman–Crippen LogP) is 4.19. The average molecular weight is 425 g/mol. The number of aromatic nitrogens is 4. The molecule has 148 valence electrons. The molecule has 0 radical (unpaired) electrons. The summed E-state index contributed by atoms with van der Waals surface area (Å²) in [5.41, 5.74) is 3.59. The summed E-state index contributed by atoms with van der Waals surface area (Å²) < 4.78 is 11.9. The third-order valence-electron chi connectivity index (χ3n) is 4.72. The van der Waals surface area contributed by atoms with Gasteiger partial charge in [0.05, 0.1) is 23.2 Å². The second-order valence-corrected chi connectivity index (χ2v) is 8.56. The standard InChI is InChI=1S/C21H20N4O2S2/c1-13-7-6-10-17(14(13)2)25-19(26)15-8-4-5-9-16(15)22-20(25)28-21-23-18(24-29-21)11-12-27-3/h4-10H,11-12H2,1-3H3. The Morgan fingerprint density at radius 3 is 2.76 bits per heavy atom. The number of aryl methyl sites for hydroxylation is 1. The normalized spacial score (nSPS) is 11.3. The van der Waals surface area contributed by atoms with Crippen LogP contribution in [0.4, 0.5) is 0 Å². The van der Waals surface area contributed by atoms with Crippen LogP contribution < -0.4 is 5.56 Å². The summed E-state index contributed by atoms with van der Waals surface area (Å²) >= 11 is 2.67. The minimum absolute atomic E-state index is 0.0871. The van der Waals surface area contributed by atoms with Gasteiger partial charge in [0.2, 0.25) is 0 Å². The third kappa shape index (κ3) is 3.96. The quantitative estimate of drug-likeness (QED) is 0.432. The number of rotatable bonds is 6. The lowest BCUT2D eigenvalue weighted by Crippen LogP contribution is -2.22. The van der Waals surface area contributed by atoms with Crippen LogP contribution in [0.15, 0.2) is 56.8 Å². The fourth-order valence-corrected chi connectivity index (χ4v) is 4.69. The number of methoxy groups -OCH3 is 1. The lowest BCUT2D eigenvalue weighted by atomic mass is 10.1. The fraction of sp³-hybridized carbons (Fsp3) is 0.238. The van der Waals surface area contributed by atoms with Crippen molar-refractivity contribution in [3.63, 3.8) is 0 Å². The minimum atomic E-state index is -0.0871. The summed E-state index contributed by atoms with van der Waals surface area (Å²) in [6, 6.07) is 13.4. The molecule has 29 heavy (non-hydrogen) atoms. The van der Waals surface area contributed by atoms with Crippen LogP contribution in [0.5, 0.6) is 0 Å². The molecule has 2 heterocycles. The first-order valence-corrected chi connectivity index (χ1v) is 10.7. The highest BCUT2D eigenvalue weighted by atomic mass is 32.2. The molecule has 0 unspecified atom stereocenters. The van der Waals surface area contributed by atoms with Crippen LogP contribution in [-0.2, 0) is 11.2 Å². The number of fused-ring (bicyclic) bond motifs is 1. The van der Waals surface area contributed by atoms with Crippen LogP contribution in [0.25, 0.3) is 16.6 Å². The number of hydrogen-bond donors (Lipinski definition) is 0. The summed E-state index contributed by atoms with van der Waals surface area (Å²) in [6.07, 6.45) is 0.655. The zero-order valence-electron chi connectivity index (χ0n) is 16.4. The molecule has 6 nitrogen and oxygen atoms in total. The van der Waals surface area contributed by atoms with Crippen LogP contribution in [0.2, 0.25) is 0 Å². The molecule has 8 heteroatoms. The van der Waals surface area contributed by atoms with Gasteiger partial charge in [-0.15, -0.1) is 0 Å². The van der Waals surface area contributed by atoms with E-state index in [9.17, 15) is 4.79 Å². The maximum absolute atomic E-state index is 13.4. The second-order valence-electron chi connectivity index (χ2n) is 6.59. The Morgan fingerprint density at radius 2 is 1.93 bits per heavy atom. The molecular formula is C21H20N4O2S2. The van der Waals surface area contributed by atoms with Crippen molar-refractivity contribution in [3.8, 4) is 5.69 Å². The molecule has 0 saturated carbocycles. The molecule has 0 aliphatic rings. The number of benzene rings is 2. The summed E-state index contributed by atoms with van der Waals surface area (Å²) in [5, 5.41) is 1.17. The van der Waals surface area contributed by atoms with Gasteiger partial charge >= 0.3 is 0 Å². The van der Waals surface area contributed by atoms with Crippen molar-refractivity contribution in [2.24, 2.45) is 0 Å². The van der Waals surface area contributed by atoms with E-state index in [0.717, 1.165) is 27.0 Å². The highest BCUT2D eigenvalue weighted by Gasteiger charge is 2.17. The van der Waals surface area contributed by atoms with E-state index in [4.69, 9.17) is 9.72 Å². The highest BCUT2D eigenvalue weighted by Crippen LogP contribution is 2.30. The summed E-state index contributed by atoms with van der Waals surface area (Å²) in [7, 11) is 1.66. The Kier molecular flexibility index (Phi) is 5.75. The largest absolute Gasteiger partial charge is 0.384 e. The van der Waals surface area contributed by atoms with Crippen LogP contribution in [0, 0.1) is 13.8 Å². The molecule has 2 aromatic carbocycles. The summed E-state index contributed by atoms with van der Waals surface area (Å²) in [6.45, 7) is 4.63. The molecular weight excluding hydrogens is 404 g/mol. The number of para-hydroxylation sites is 1. The van der Waals surface area contributed by atoms with Crippen molar-refractivity contribution in [1.82, 2.24) is 18.9 Å². The van der Waals surface area contributed by atoms with Gasteiger partial charge in [-0.2, -0.15) is 4.37 Å². The molecule has 0 aliphatic heterocycles. The molecule has 0 fully saturated rings. The molecule has 0 atom stereocenters. The Morgan fingerprint density at radius 1 is 1.10 bits per heavy atom. The van der Waals surface area contributed by atoms with Crippen molar-refractivity contribution < 1.29 is 4.74 Å². The number of nitrogens with zero attached hydrogens (tertiary/aromatic N) is 4. The van der Waals surface area contributed by atoms with E-state index >= 15 is 0 Å². The maximum Gasteiger partial charge on any atom is 0.266 e. The van der Waals surface area contributed by atoms with E-state index in [0.29, 0.717) is 29.1 Å². The Labute approximate surface area is 176 Å². The molecule has 0 saturated heterocycles. The van der Waals surface area contributed by atoms with Crippen LogP contribution >= 0.6 is 23.3 Å². The summed E-state index contributed by atoms with van der Waals surface area (Å²) in [4.78, 5) is 22.8. The van der Waals surface area contributed by atoms with Gasteiger partial charge in [0.25, 0.3) is 5.56 Å². The van der Waals surface area contributed by atoms with Crippen molar-refractivity contribution in [2.75, 3.05) is 13.7 Å². The van der Waals surface area contributed by atoms with Crippen molar-refractivity contribution in [3.05, 3.63) is 69.8 Å². The van der Waals surface area contributed by atoms with E-state index in [1.165, 1.54) is 23.3 Å². The smallest absolute Gasteiger partial charge is 0.266 e. The molecule has 2 aromatic heterocycles. The van der Waals surface area contributed by atoms with Gasteiger partial charge in [0.15, 0.2) is 9.50 Å². The molecule has 4 aromatic rings. The van der Waals surface area contributed by atoms with E-state index in [1.54, 1.807) is 11.7 Å². The Hall–Kier alpha value is -2.55. The van der Waals surface area contributed by atoms with Gasteiger partial charge in [-0.25, -0.2) is 9.97 Å². The average Bonchev–Trinajstić information content (AvgIpc) is 3.17. The molecule has 0 aliphatic carbocycles. The first-order valence-electron chi connectivity index (χ1n) is 9.16. The van der Waals surface area contributed by atoms with Gasteiger partial charge in [-0.05, 0) is 66.5 Å². The topological polar surface area (TPSA) is 69.9 Å². The predicted molar refractivity (Wildman–Crippen MR) is 116 cm³/mol. The van der Waals surface area contributed by atoms with Crippen LogP contribution in [0.3, 0.4) is 0 Å². The lowest BCUT2D eigenvalue weighted by Gasteiger charge is -2.15. The molecule has 0 spiro atoms. The number of hydrogen-bond acceptors (Lipinski definition) is 7. The fourth-order valence-electron chi connectivity index (χ4n) is 3.02. The number of ether oxygens (including phenoxy) is 1. The first kappa shape index (κ1) is 19.8. The van der Waals surface area contributed by atoms with E-state index < -0.39 is 0 Å². The Balaban J connectivity index is 1.87. The third-order valence-corrected chi connectivity index (χ3v) is 6.47. The molecule has 0 bridgehead atoms. The van der Waals surface area contributed by atoms with Gasteiger partial charge in [0, 0.05) is 13.5 Å². The molecule has 0 N–H and O–H groups in total. The maximum atomic E-state index is 13.4. The SMILES string of the molecule is COCCc1nsc(Sc2nc3ccccc3c(=O)n2-c2cccc(C)c2C)n1. The zero-order chi connectivity index (χ0) is 20.4. The lowest BCUT2D eigenvalue weighted by molar-refractivity contribution is 0.200. The van der Waals surface area contributed by atoms with E-state index in [-0.39, 0.29) is 5.56 Å². The van der Waals surface area contributed by atoms with Crippen molar-refractivity contribution in [1.29, 1.82) is 0 Å². The van der Waals surface area contributed by atoms with Gasteiger partial charge < -0.3 is 4.74 Å². The zero-order valence-corrected chi connectivity index (χ0v) is 18.0. The highest BCUT2D eigenvalue weighted by molar-refractivity contribution is 8.00. The van der Waals surface area contributed by atoms with E-state index in [2.05, 4.69) is 9.36 Å². The summed E-state index contributed by atoms with van der Waals surface area (Å²) in [5.74, 6) is 0.737. The van der Waals surface area contributed by atoms with Gasteiger partial charge in [-0.1, -0.05) is 24.3 Å². The molecule has 4 rings (SSSR count).